The van der Waals surface area contributed by atoms with Crippen molar-refractivity contribution < 1.29 is 24.2 Å². The zero-order valence-corrected chi connectivity index (χ0v) is 12.0. The molecular weight excluding hydrogens is 345 g/mol. The minimum Gasteiger partial charge on any atom is -0.507 e. The quantitative estimate of drug-likeness (QED) is 0.790. The molecule has 1 amide bonds. The summed E-state index contributed by atoms with van der Waals surface area (Å²) in [6, 6.07) is 7.45. The molecule has 2 aromatic carbocycles. The molecule has 7 heteroatoms. The second kappa shape index (κ2) is 5.92. The number of benzene rings is 2. The number of amides is 1. The normalized spacial score (nSPS) is 10.2. The molecule has 0 spiro atoms. The van der Waals surface area contributed by atoms with Gasteiger partial charge in [0.15, 0.2) is 0 Å². The maximum Gasteiger partial charge on any atom is 0.338 e. The van der Waals surface area contributed by atoms with Gasteiger partial charge in [0, 0.05) is 11.3 Å². The van der Waals surface area contributed by atoms with Crippen LogP contribution in [0, 0.1) is 5.82 Å². The maximum atomic E-state index is 13.2. The van der Waals surface area contributed by atoms with E-state index in [0.29, 0.717) is 4.47 Å². The van der Waals surface area contributed by atoms with Crippen LogP contribution in [-0.4, -0.2) is 22.1 Å². The van der Waals surface area contributed by atoms with Crippen LogP contribution in [0.3, 0.4) is 0 Å². The summed E-state index contributed by atoms with van der Waals surface area (Å²) >= 11 is 3.09. The number of nitrogens with one attached hydrogen (secondary N) is 1. The number of carbonyl (C=O) groups is 2. The van der Waals surface area contributed by atoms with Gasteiger partial charge in [0.2, 0.25) is 0 Å². The van der Waals surface area contributed by atoms with Crippen LogP contribution in [0.4, 0.5) is 10.1 Å². The topological polar surface area (TPSA) is 86.6 Å². The van der Waals surface area contributed by atoms with Crippen LogP contribution in [0.5, 0.6) is 5.75 Å². The second-order valence-electron chi connectivity index (χ2n) is 4.12. The number of phenols is 1. The van der Waals surface area contributed by atoms with Crippen molar-refractivity contribution in [2.75, 3.05) is 5.32 Å². The number of halogens is 2. The van der Waals surface area contributed by atoms with Crippen molar-refractivity contribution in [3.63, 3.8) is 0 Å². The molecule has 0 saturated carbocycles. The molecule has 0 atom stereocenters. The Labute approximate surface area is 127 Å². The molecule has 0 heterocycles. The van der Waals surface area contributed by atoms with Crippen molar-refractivity contribution in [3.8, 4) is 5.75 Å². The summed E-state index contributed by atoms with van der Waals surface area (Å²) in [4.78, 5) is 22.8. The summed E-state index contributed by atoms with van der Waals surface area (Å²) < 4.78 is 13.7. The van der Waals surface area contributed by atoms with Gasteiger partial charge in [0.25, 0.3) is 5.91 Å². The highest BCUT2D eigenvalue weighted by Gasteiger charge is 2.13. The molecule has 0 aliphatic carbocycles. The Morgan fingerprint density at radius 1 is 1.14 bits per heavy atom. The first kappa shape index (κ1) is 15.0. The Kier molecular flexibility index (Phi) is 4.23. The SMILES string of the molecule is O=C(Nc1ccc(F)c(C(=O)O)c1)c1ccc(Br)c(O)c1. The molecule has 0 saturated heterocycles. The minimum absolute atomic E-state index is 0.104. The number of anilines is 1. The van der Waals surface area contributed by atoms with E-state index in [-0.39, 0.29) is 17.0 Å². The number of aromatic carboxylic acids is 1. The molecule has 0 aromatic heterocycles. The lowest BCUT2D eigenvalue weighted by Crippen LogP contribution is -2.12. The van der Waals surface area contributed by atoms with Crippen LogP contribution in [0.25, 0.3) is 0 Å². The molecule has 0 aliphatic heterocycles. The molecule has 0 fully saturated rings. The van der Waals surface area contributed by atoms with E-state index < -0.39 is 23.3 Å². The Morgan fingerprint density at radius 2 is 1.86 bits per heavy atom. The predicted octanol–water partition coefficient (Wildman–Crippen LogP) is 3.24. The molecule has 108 valence electrons. The fourth-order valence-electron chi connectivity index (χ4n) is 1.62. The highest BCUT2D eigenvalue weighted by atomic mass is 79.9. The maximum absolute atomic E-state index is 13.2. The predicted molar refractivity (Wildman–Crippen MR) is 77.1 cm³/mol. The first-order valence-electron chi connectivity index (χ1n) is 5.71. The molecule has 2 aromatic rings. The van der Waals surface area contributed by atoms with Crippen molar-refractivity contribution in [2.45, 2.75) is 0 Å². The van der Waals surface area contributed by atoms with Crippen LogP contribution >= 0.6 is 15.9 Å². The highest BCUT2D eigenvalue weighted by Crippen LogP contribution is 2.25. The van der Waals surface area contributed by atoms with Gasteiger partial charge in [-0.15, -0.1) is 0 Å². The summed E-state index contributed by atoms with van der Waals surface area (Å²) in [5.41, 5.74) is -0.218. The number of carboxylic acid groups (broad SMARTS) is 1. The zero-order chi connectivity index (χ0) is 15.6. The van der Waals surface area contributed by atoms with Crippen LogP contribution in [0.2, 0.25) is 0 Å². The summed E-state index contributed by atoms with van der Waals surface area (Å²) in [6.45, 7) is 0. The number of aromatic hydroxyl groups is 1. The lowest BCUT2D eigenvalue weighted by molar-refractivity contribution is 0.0691. The molecule has 0 bridgehead atoms. The Hall–Kier alpha value is -2.41. The molecular formula is C14H9BrFNO4. The van der Waals surface area contributed by atoms with Gasteiger partial charge >= 0.3 is 5.97 Å². The van der Waals surface area contributed by atoms with Gasteiger partial charge in [0.05, 0.1) is 10.0 Å². The smallest absolute Gasteiger partial charge is 0.338 e. The minimum atomic E-state index is -1.43. The lowest BCUT2D eigenvalue weighted by atomic mass is 10.1. The van der Waals surface area contributed by atoms with Gasteiger partial charge in [-0.1, -0.05) is 0 Å². The third kappa shape index (κ3) is 3.38. The summed E-state index contributed by atoms with van der Waals surface area (Å²) in [5.74, 6) is -2.97. The van der Waals surface area contributed by atoms with Crippen molar-refractivity contribution in [3.05, 3.63) is 57.8 Å². The van der Waals surface area contributed by atoms with E-state index in [2.05, 4.69) is 21.2 Å². The van der Waals surface area contributed by atoms with Crippen molar-refractivity contribution in [1.82, 2.24) is 0 Å². The fraction of sp³-hybridized carbons (Fsp3) is 0. The van der Waals surface area contributed by atoms with Crippen molar-refractivity contribution in [1.29, 1.82) is 0 Å². The summed E-state index contributed by atoms with van der Waals surface area (Å²) in [7, 11) is 0. The van der Waals surface area contributed by atoms with Gasteiger partial charge in [-0.3, -0.25) is 4.79 Å². The molecule has 3 N–H and O–H groups in total. The third-order valence-corrected chi connectivity index (χ3v) is 3.33. The Morgan fingerprint density at radius 3 is 2.48 bits per heavy atom. The van der Waals surface area contributed by atoms with Crippen LogP contribution < -0.4 is 5.32 Å². The average Bonchev–Trinajstić information content (AvgIpc) is 2.43. The summed E-state index contributed by atoms with van der Waals surface area (Å²) in [5, 5.41) is 20.8. The first-order valence-corrected chi connectivity index (χ1v) is 6.50. The lowest BCUT2D eigenvalue weighted by Gasteiger charge is -2.07. The molecule has 0 aliphatic rings. The Bertz CT molecular complexity index is 733. The monoisotopic (exact) mass is 353 g/mol. The molecule has 21 heavy (non-hydrogen) atoms. The van der Waals surface area contributed by atoms with Crippen LogP contribution in [-0.2, 0) is 0 Å². The van der Waals surface area contributed by atoms with Gasteiger partial charge in [0.1, 0.15) is 11.6 Å². The number of hydrogen-bond donors (Lipinski definition) is 3. The van der Waals surface area contributed by atoms with E-state index in [1.54, 1.807) is 0 Å². The number of carboxylic acids is 1. The first-order chi connectivity index (χ1) is 9.88. The number of carbonyl (C=O) groups excluding carboxylic acids is 1. The number of phenolic OH excluding ortho intramolecular Hbond substituents is 1. The van der Waals surface area contributed by atoms with Gasteiger partial charge in [-0.25, -0.2) is 9.18 Å². The molecule has 2 rings (SSSR count). The molecule has 0 unspecified atom stereocenters. The van der Waals surface area contributed by atoms with E-state index >= 15 is 0 Å². The van der Waals surface area contributed by atoms with Gasteiger partial charge < -0.3 is 15.5 Å². The molecule has 0 radical (unpaired) electrons. The van der Waals surface area contributed by atoms with Gasteiger partial charge in [-0.2, -0.15) is 0 Å². The van der Waals surface area contributed by atoms with E-state index in [1.165, 1.54) is 24.3 Å². The highest BCUT2D eigenvalue weighted by molar-refractivity contribution is 9.10. The summed E-state index contributed by atoms with van der Waals surface area (Å²) in [6.07, 6.45) is 0. The average molecular weight is 354 g/mol. The molecule has 5 nitrogen and oxygen atoms in total. The van der Waals surface area contributed by atoms with Crippen molar-refractivity contribution in [2.24, 2.45) is 0 Å². The van der Waals surface area contributed by atoms with Crippen LogP contribution in [0.1, 0.15) is 20.7 Å². The second-order valence-corrected chi connectivity index (χ2v) is 4.97. The zero-order valence-electron chi connectivity index (χ0n) is 10.4. The van der Waals surface area contributed by atoms with Gasteiger partial charge in [-0.05, 0) is 52.3 Å². The fourth-order valence-corrected chi connectivity index (χ4v) is 1.87. The van der Waals surface area contributed by atoms with E-state index in [4.69, 9.17) is 5.11 Å². The third-order valence-electron chi connectivity index (χ3n) is 2.66. The van der Waals surface area contributed by atoms with E-state index in [1.807, 2.05) is 0 Å². The van der Waals surface area contributed by atoms with Crippen molar-refractivity contribution >= 4 is 33.5 Å². The number of rotatable bonds is 3. The van der Waals surface area contributed by atoms with E-state index in [9.17, 15) is 19.1 Å². The standard InChI is InChI=1S/C14H9BrFNO4/c15-10-3-1-7(5-12(10)18)13(19)17-8-2-4-11(16)9(6-8)14(20)21/h1-6,18H,(H,17,19)(H,20,21). The number of hydrogen-bond acceptors (Lipinski definition) is 3. The van der Waals surface area contributed by atoms with Crippen LogP contribution in [0.15, 0.2) is 40.9 Å². The largest absolute Gasteiger partial charge is 0.507 e. The van der Waals surface area contributed by atoms with E-state index in [0.717, 1.165) is 12.1 Å². The Balaban J connectivity index is 2.25.